The molecule has 414 valence electrons. The SMILES string of the molecule is [C-]#[N+]c1ccccc1-c1ccc2c(c1)c1cc(-c3ccccc3C#N)ccc1n2-c1cc(-c2nc(-c3ccccc3)nc(-c3ccccc3)n2)ccc1-c1cccc(-n2c3ccc(-c4ccccc4C#N)cc3c3cc(-c4ccccc4[N+]#[C-])ccc32)c1C#N. The van der Waals surface area contributed by atoms with E-state index in [2.05, 4.69) is 110 Å². The van der Waals surface area contributed by atoms with Crippen molar-refractivity contribution in [3.63, 3.8) is 0 Å². The highest BCUT2D eigenvalue weighted by molar-refractivity contribution is 6.14. The summed E-state index contributed by atoms with van der Waals surface area (Å²) < 4.78 is 4.39. The van der Waals surface area contributed by atoms with Crippen LogP contribution < -0.4 is 0 Å². The van der Waals surface area contributed by atoms with Gasteiger partial charge in [0.15, 0.2) is 28.8 Å². The Morgan fingerprint density at radius 1 is 0.289 bits per heavy atom. The van der Waals surface area contributed by atoms with Crippen molar-refractivity contribution in [1.82, 2.24) is 24.1 Å². The van der Waals surface area contributed by atoms with E-state index >= 15 is 0 Å². The summed E-state index contributed by atoms with van der Waals surface area (Å²) in [7, 11) is 0. The molecule has 0 radical (unpaired) electrons. The van der Waals surface area contributed by atoms with E-state index in [1.54, 1.807) is 0 Å². The molecule has 10 heteroatoms. The van der Waals surface area contributed by atoms with E-state index in [1.165, 1.54) is 0 Å². The van der Waals surface area contributed by atoms with Gasteiger partial charge in [-0.2, -0.15) is 15.8 Å². The maximum Gasteiger partial charge on any atom is 0.194 e. The molecule has 0 bridgehead atoms. The third kappa shape index (κ3) is 9.05. The summed E-state index contributed by atoms with van der Waals surface area (Å²) in [5.41, 5.74) is 17.8. The van der Waals surface area contributed by atoms with E-state index in [4.69, 9.17) is 28.1 Å². The van der Waals surface area contributed by atoms with Crippen LogP contribution in [-0.4, -0.2) is 24.1 Å². The molecule has 0 atom stereocenters. The van der Waals surface area contributed by atoms with Gasteiger partial charge in [-0.3, -0.25) is 0 Å². The smallest absolute Gasteiger partial charge is 0.194 e. The Morgan fingerprint density at radius 2 is 0.656 bits per heavy atom. The molecule has 0 unspecified atom stereocenters. The van der Waals surface area contributed by atoms with E-state index in [-0.39, 0.29) is 0 Å². The van der Waals surface area contributed by atoms with Crippen molar-refractivity contribution in [3.05, 3.63) is 306 Å². The van der Waals surface area contributed by atoms with Crippen molar-refractivity contribution in [1.29, 1.82) is 15.8 Å². The average molecular weight is 1150 g/mol. The van der Waals surface area contributed by atoms with Crippen LogP contribution in [0.1, 0.15) is 16.7 Å². The number of benzene rings is 12. The van der Waals surface area contributed by atoms with Gasteiger partial charge >= 0.3 is 0 Å². The zero-order valence-corrected chi connectivity index (χ0v) is 47.9. The lowest BCUT2D eigenvalue weighted by Gasteiger charge is -2.19. The molecule has 15 rings (SSSR count). The van der Waals surface area contributed by atoms with Crippen molar-refractivity contribution >= 4 is 55.0 Å². The fourth-order valence-corrected chi connectivity index (χ4v) is 12.6. The monoisotopic (exact) mass is 1140 g/mol. The Bertz CT molecular complexity index is 5400. The molecule has 0 fully saturated rings. The molecular formula is C80H44N10. The van der Waals surface area contributed by atoms with Gasteiger partial charge in [0.05, 0.1) is 75.4 Å². The molecule has 0 spiro atoms. The predicted octanol–water partition coefficient (Wildman–Crippen LogP) is 20.1. The maximum absolute atomic E-state index is 11.9. The third-order valence-corrected chi connectivity index (χ3v) is 16.8. The van der Waals surface area contributed by atoms with E-state index in [0.29, 0.717) is 62.4 Å². The maximum atomic E-state index is 11.9. The molecule has 12 aromatic carbocycles. The predicted molar refractivity (Wildman–Crippen MR) is 359 cm³/mol. The Kier molecular flexibility index (Phi) is 13.2. The van der Waals surface area contributed by atoms with Gasteiger partial charge in [-0.15, -0.1) is 0 Å². The Hall–Kier alpha value is -13.3. The first-order valence-corrected chi connectivity index (χ1v) is 29.1. The highest BCUT2D eigenvalue weighted by atomic mass is 15.0. The summed E-state index contributed by atoms with van der Waals surface area (Å²) in [6, 6.07) is 94.8. The average Bonchev–Trinajstić information content (AvgIpc) is 1.75. The molecule has 0 saturated carbocycles. The molecule has 0 aliphatic rings. The minimum Gasteiger partial charge on any atom is -0.309 e. The van der Waals surface area contributed by atoms with Crippen LogP contribution >= 0.6 is 0 Å². The van der Waals surface area contributed by atoms with Crippen LogP contribution in [0.5, 0.6) is 0 Å². The van der Waals surface area contributed by atoms with Crippen molar-refractivity contribution in [2.24, 2.45) is 0 Å². The Labute approximate surface area is 517 Å². The first-order chi connectivity index (χ1) is 44.4. The van der Waals surface area contributed by atoms with E-state index in [9.17, 15) is 15.8 Å². The standard InChI is InChI=1S/C80H44N10/c1-84-70-29-15-13-26-61(70)54-35-40-74-67(44-54)65-42-52(59-24-11-9-22-57(59)47-81)33-38-73(65)89(74)72-31-17-28-63(69(72)49-83)64-37-32-56(80-87-78(50-18-5-3-6-19-50)86-79(88-80)51-20-7-4-8-21-51)46-77(64)90-75-39-34-53(60-25-12-10-23-58(60)48-82)43-66(75)68-45-55(36-41-76(68)90)62-27-14-16-30-71(62)85-2/h3-46H. The van der Waals surface area contributed by atoms with Crippen LogP contribution in [0.2, 0.25) is 0 Å². The van der Waals surface area contributed by atoms with Crippen LogP contribution in [0.4, 0.5) is 11.4 Å². The number of hydrogen-bond acceptors (Lipinski definition) is 6. The minimum absolute atomic E-state index is 0.415. The third-order valence-electron chi connectivity index (χ3n) is 16.8. The summed E-state index contributed by atoms with van der Waals surface area (Å²) >= 11 is 0. The van der Waals surface area contributed by atoms with Gasteiger partial charge in [-0.25, -0.2) is 24.6 Å². The summed E-state index contributed by atoms with van der Waals surface area (Å²) in [6.45, 7) is 16.2. The van der Waals surface area contributed by atoms with Crippen molar-refractivity contribution in [3.8, 4) is 119 Å². The van der Waals surface area contributed by atoms with Crippen molar-refractivity contribution in [2.75, 3.05) is 0 Å². The van der Waals surface area contributed by atoms with E-state index in [1.807, 2.05) is 194 Å². The van der Waals surface area contributed by atoms with Gasteiger partial charge < -0.3 is 9.13 Å². The minimum atomic E-state index is 0.415. The molecule has 0 aliphatic carbocycles. The van der Waals surface area contributed by atoms with Gasteiger partial charge in [0.25, 0.3) is 0 Å². The highest BCUT2D eigenvalue weighted by Gasteiger charge is 2.25. The number of aromatic nitrogens is 5. The number of hydrogen-bond donors (Lipinski definition) is 0. The summed E-state index contributed by atoms with van der Waals surface area (Å²) in [4.78, 5) is 23.3. The molecule has 3 aromatic heterocycles. The molecular weight excluding hydrogens is 1100 g/mol. The number of para-hydroxylation sites is 2. The number of fused-ring (bicyclic) bond motifs is 6. The lowest BCUT2D eigenvalue weighted by atomic mass is 9.95. The number of rotatable bonds is 10. The van der Waals surface area contributed by atoms with Crippen LogP contribution in [-0.2, 0) is 0 Å². The second kappa shape index (κ2) is 22.3. The summed E-state index contributed by atoms with van der Waals surface area (Å²) in [5.74, 6) is 1.46. The van der Waals surface area contributed by atoms with Crippen LogP contribution in [0.25, 0.3) is 154 Å². The summed E-state index contributed by atoms with van der Waals surface area (Å²) in [5, 5.41) is 36.2. The number of nitrogens with zero attached hydrogens (tertiary/aromatic N) is 10. The quantitative estimate of drug-likeness (QED) is 0.125. The fourth-order valence-electron chi connectivity index (χ4n) is 12.6. The second-order valence-electron chi connectivity index (χ2n) is 21.8. The molecule has 3 heterocycles. The largest absolute Gasteiger partial charge is 0.309 e. The normalized spacial score (nSPS) is 11.1. The van der Waals surface area contributed by atoms with Crippen LogP contribution in [0, 0.1) is 47.1 Å². The van der Waals surface area contributed by atoms with Gasteiger partial charge in [0.2, 0.25) is 0 Å². The van der Waals surface area contributed by atoms with Crippen LogP contribution in [0.3, 0.4) is 0 Å². The van der Waals surface area contributed by atoms with Gasteiger partial charge in [0, 0.05) is 49.4 Å². The van der Waals surface area contributed by atoms with Gasteiger partial charge in [-0.05, 0) is 117 Å². The van der Waals surface area contributed by atoms with Crippen molar-refractivity contribution < 1.29 is 0 Å². The zero-order chi connectivity index (χ0) is 60.8. The molecule has 0 aliphatic heterocycles. The topological polar surface area (TPSA) is 129 Å². The van der Waals surface area contributed by atoms with Gasteiger partial charge in [-0.1, -0.05) is 194 Å². The first kappa shape index (κ1) is 53.4. The molecule has 0 saturated heterocycles. The second-order valence-corrected chi connectivity index (χ2v) is 21.8. The van der Waals surface area contributed by atoms with E-state index < -0.39 is 0 Å². The molecule has 0 N–H and O–H groups in total. The first-order valence-electron chi connectivity index (χ1n) is 29.1. The highest BCUT2D eigenvalue weighted by Crippen LogP contribution is 2.46. The summed E-state index contributed by atoms with van der Waals surface area (Å²) in [6.07, 6.45) is 0. The lowest BCUT2D eigenvalue weighted by Crippen LogP contribution is -2.04. The Morgan fingerprint density at radius 3 is 1.09 bits per heavy atom. The van der Waals surface area contributed by atoms with Gasteiger partial charge in [0.1, 0.15) is 6.07 Å². The Balaban J connectivity index is 1.02. The fraction of sp³-hybridized carbons (Fsp3) is 0. The van der Waals surface area contributed by atoms with Crippen molar-refractivity contribution in [2.45, 2.75) is 0 Å². The zero-order valence-electron chi connectivity index (χ0n) is 47.9. The number of nitriles is 3. The molecule has 15 aromatic rings. The van der Waals surface area contributed by atoms with E-state index in [0.717, 1.165) is 110 Å². The molecule has 0 amide bonds. The molecule has 90 heavy (non-hydrogen) atoms. The van der Waals surface area contributed by atoms with Crippen LogP contribution in [0.15, 0.2) is 267 Å². The lowest BCUT2D eigenvalue weighted by molar-refractivity contribution is 1.07. The molecule has 10 nitrogen and oxygen atoms in total.